The summed E-state index contributed by atoms with van der Waals surface area (Å²) in [7, 11) is 0. The van der Waals surface area contributed by atoms with Gasteiger partial charge >= 0.3 is 0 Å². The van der Waals surface area contributed by atoms with Crippen LogP contribution in [0.3, 0.4) is 0 Å². The number of rotatable bonds is 4. The van der Waals surface area contributed by atoms with E-state index in [0.29, 0.717) is 24.0 Å². The van der Waals surface area contributed by atoms with Crippen LogP contribution in [-0.2, 0) is 11.3 Å². The molecule has 0 radical (unpaired) electrons. The maximum absolute atomic E-state index is 12.7. The number of amides is 1. The van der Waals surface area contributed by atoms with Gasteiger partial charge in [-0.15, -0.1) is 0 Å². The molecule has 2 aliphatic heterocycles. The number of nitrogens with zero attached hydrogens (tertiary/aromatic N) is 5. The van der Waals surface area contributed by atoms with E-state index in [-0.39, 0.29) is 5.91 Å². The molecule has 0 aliphatic carbocycles. The summed E-state index contributed by atoms with van der Waals surface area (Å²) in [5.74, 6) is 0.596. The van der Waals surface area contributed by atoms with Gasteiger partial charge in [-0.2, -0.15) is 0 Å². The average Bonchev–Trinajstić information content (AvgIpc) is 3.45. The van der Waals surface area contributed by atoms with Crippen molar-refractivity contribution in [1.29, 1.82) is 0 Å². The highest BCUT2D eigenvalue weighted by Gasteiger charge is 2.27. The molecule has 1 saturated heterocycles. The summed E-state index contributed by atoms with van der Waals surface area (Å²) >= 11 is 0. The highest BCUT2D eigenvalue weighted by molar-refractivity contribution is 6.06. The summed E-state index contributed by atoms with van der Waals surface area (Å²) < 4.78 is 7.51. The number of hydrogen-bond donors (Lipinski definition) is 2. The third kappa shape index (κ3) is 3.37. The van der Waals surface area contributed by atoms with Crippen molar-refractivity contribution in [1.82, 2.24) is 24.7 Å². The van der Waals surface area contributed by atoms with Gasteiger partial charge in [0.25, 0.3) is 5.91 Å². The zero-order valence-electron chi connectivity index (χ0n) is 18.2. The van der Waals surface area contributed by atoms with E-state index in [1.807, 2.05) is 41.2 Å². The lowest BCUT2D eigenvalue weighted by Gasteiger charge is -2.35. The molecule has 33 heavy (non-hydrogen) atoms. The molecule has 0 spiro atoms. The Morgan fingerprint density at radius 3 is 2.94 bits per heavy atom. The number of hydrogen-bond acceptors (Lipinski definition) is 7. The van der Waals surface area contributed by atoms with E-state index in [0.717, 1.165) is 53.6 Å². The van der Waals surface area contributed by atoms with Crippen molar-refractivity contribution in [3.05, 3.63) is 66.4 Å². The van der Waals surface area contributed by atoms with E-state index >= 15 is 0 Å². The minimum Gasteiger partial charge on any atom is -0.377 e. The minimum absolute atomic E-state index is 0.0939. The molecule has 6 rings (SSSR count). The van der Waals surface area contributed by atoms with Crippen LogP contribution >= 0.6 is 0 Å². The second-order valence-corrected chi connectivity index (χ2v) is 8.29. The third-order valence-corrected chi connectivity index (χ3v) is 6.27. The first-order valence-corrected chi connectivity index (χ1v) is 11.0. The van der Waals surface area contributed by atoms with Gasteiger partial charge in [0.05, 0.1) is 54.4 Å². The molecule has 2 N–H and O–H groups in total. The molecule has 0 unspecified atom stereocenters. The van der Waals surface area contributed by atoms with Gasteiger partial charge < -0.3 is 20.3 Å². The Kier molecular flexibility index (Phi) is 4.69. The molecule has 1 aromatic carbocycles. The van der Waals surface area contributed by atoms with E-state index in [9.17, 15) is 4.79 Å². The SMILES string of the molecule is C[C@H]1COCCN1c1ccc(Nc2ccc(-c3cnc4cnccn34)c3c2C(=O)NC3)nc1. The summed E-state index contributed by atoms with van der Waals surface area (Å²) in [5.41, 5.74) is 6.05. The third-order valence-electron chi connectivity index (χ3n) is 6.27. The molecular formula is C24H23N7O2. The maximum atomic E-state index is 12.7. The van der Waals surface area contributed by atoms with Crippen LogP contribution in [-0.4, -0.2) is 51.1 Å². The lowest BCUT2D eigenvalue weighted by Crippen LogP contribution is -2.43. The summed E-state index contributed by atoms with van der Waals surface area (Å²) in [6.45, 7) is 4.91. The fourth-order valence-electron chi connectivity index (χ4n) is 4.61. The Bertz CT molecular complexity index is 1350. The lowest BCUT2D eigenvalue weighted by molar-refractivity contribution is 0.0966. The quantitative estimate of drug-likeness (QED) is 0.503. The van der Waals surface area contributed by atoms with Crippen LogP contribution in [0, 0.1) is 0 Å². The fourth-order valence-corrected chi connectivity index (χ4v) is 4.61. The average molecular weight is 441 g/mol. The van der Waals surface area contributed by atoms with Crippen molar-refractivity contribution in [2.45, 2.75) is 19.5 Å². The van der Waals surface area contributed by atoms with Gasteiger partial charge in [0, 0.05) is 37.1 Å². The topological polar surface area (TPSA) is 96.7 Å². The van der Waals surface area contributed by atoms with Crippen LogP contribution in [0.2, 0.25) is 0 Å². The van der Waals surface area contributed by atoms with Gasteiger partial charge in [-0.1, -0.05) is 6.07 Å². The van der Waals surface area contributed by atoms with Gasteiger partial charge in [-0.3, -0.25) is 14.2 Å². The van der Waals surface area contributed by atoms with Crippen LogP contribution in [0.4, 0.5) is 17.2 Å². The number of aromatic nitrogens is 4. The molecular weight excluding hydrogens is 418 g/mol. The number of imidazole rings is 1. The highest BCUT2D eigenvalue weighted by atomic mass is 16.5. The molecule has 3 aromatic heterocycles. The van der Waals surface area contributed by atoms with Gasteiger partial charge in [-0.05, 0) is 30.7 Å². The van der Waals surface area contributed by atoms with E-state index in [1.54, 1.807) is 12.4 Å². The first kappa shape index (κ1) is 19.7. The number of carbonyl (C=O) groups is 1. The zero-order valence-corrected chi connectivity index (χ0v) is 18.2. The van der Waals surface area contributed by atoms with Crippen molar-refractivity contribution in [3.63, 3.8) is 0 Å². The Morgan fingerprint density at radius 1 is 1.15 bits per heavy atom. The molecule has 5 heterocycles. The van der Waals surface area contributed by atoms with Crippen molar-refractivity contribution < 1.29 is 9.53 Å². The predicted molar refractivity (Wildman–Crippen MR) is 125 cm³/mol. The summed E-state index contributed by atoms with van der Waals surface area (Å²) in [6.07, 6.45) is 9.00. The number of anilines is 3. The number of morpholine rings is 1. The van der Waals surface area contributed by atoms with Crippen LogP contribution in [0.1, 0.15) is 22.8 Å². The molecule has 0 saturated carbocycles. The standard InChI is InChI=1S/C24H23N7O2/c1-15-14-33-9-8-30(15)16-2-5-21(26-10-16)29-19-4-3-17(18-11-28-24(32)23(18)19)20-12-27-22-13-25-6-7-31(20)22/h2-7,10,12-13,15H,8-9,11,14H2,1H3,(H,26,29)(H,28,32)/t15-/m0/s1. The first-order chi connectivity index (χ1) is 16.2. The lowest BCUT2D eigenvalue weighted by atomic mass is 9.99. The molecule has 9 nitrogen and oxygen atoms in total. The Hall–Kier alpha value is -3.98. The van der Waals surface area contributed by atoms with Crippen LogP contribution < -0.4 is 15.5 Å². The monoisotopic (exact) mass is 441 g/mol. The summed E-state index contributed by atoms with van der Waals surface area (Å²) in [4.78, 5) is 28.2. The molecule has 4 aromatic rings. The smallest absolute Gasteiger partial charge is 0.254 e. The van der Waals surface area contributed by atoms with Gasteiger partial charge in [0.1, 0.15) is 5.82 Å². The summed E-state index contributed by atoms with van der Waals surface area (Å²) in [5, 5.41) is 6.30. The number of benzene rings is 1. The Labute approximate surface area is 190 Å². The minimum atomic E-state index is -0.0939. The van der Waals surface area contributed by atoms with Gasteiger partial charge in [0.2, 0.25) is 0 Å². The molecule has 9 heteroatoms. The largest absolute Gasteiger partial charge is 0.377 e. The fraction of sp³-hybridized carbons (Fsp3) is 0.250. The molecule has 0 bridgehead atoms. The highest BCUT2D eigenvalue weighted by Crippen LogP contribution is 2.35. The van der Waals surface area contributed by atoms with E-state index in [1.165, 1.54) is 0 Å². The second-order valence-electron chi connectivity index (χ2n) is 8.29. The number of ether oxygens (including phenoxy) is 1. The van der Waals surface area contributed by atoms with Gasteiger partial charge in [0.15, 0.2) is 5.65 Å². The Balaban J connectivity index is 1.33. The van der Waals surface area contributed by atoms with E-state index in [4.69, 9.17) is 4.74 Å². The van der Waals surface area contributed by atoms with E-state index < -0.39 is 0 Å². The summed E-state index contributed by atoms with van der Waals surface area (Å²) in [6, 6.07) is 8.27. The van der Waals surface area contributed by atoms with Crippen LogP contribution in [0.5, 0.6) is 0 Å². The van der Waals surface area contributed by atoms with Crippen molar-refractivity contribution in [2.24, 2.45) is 0 Å². The molecule has 2 aliphatic rings. The van der Waals surface area contributed by atoms with Crippen molar-refractivity contribution in [3.8, 4) is 11.3 Å². The van der Waals surface area contributed by atoms with E-state index in [2.05, 4.69) is 43.5 Å². The van der Waals surface area contributed by atoms with Crippen molar-refractivity contribution >= 4 is 28.7 Å². The second kappa shape index (κ2) is 7.86. The molecule has 1 amide bonds. The number of pyridine rings is 1. The molecule has 1 atom stereocenters. The number of fused-ring (bicyclic) bond motifs is 2. The van der Waals surface area contributed by atoms with Gasteiger partial charge in [-0.25, -0.2) is 9.97 Å². The normalized spacial score (nSPS) is 17.8. The molecule has 166 valence electrons. The van der Waals surface area contributed by atoms with Crippen LogP contribution in [0.25, 0.3) is 16.9 Å². The maximum Gasteiger partial charge on any atom is 0.254 e. The zero-order chi connectivity index (χ0) is 22.4. The first-order valence-electron chi connectivity index (χ1n) is 11.0. The number of carbonyl (C=O) groups excluding carboxylic acids is 1. The Morgan fingerprint density at radius 2 is 2.09 bits per heavy atom. The predicted octanol–water partition coefficient (Wildman–Crippen LogP) is 3.00. The molecule has 1 fully saturated rings. The number of nitrogens with one attached hydrogen (secondary N) is 2. The van der Waals surface area contributed by atoms with Crippen LogP contribution in [0.15, 0.2) is 55.2 Å². The van der Waals surface area contributed by atoms with Crippen molar-refractivity contribution in [2.75, 3.05) is 30.0 Å².